The number of amides is 2. The summed E-state index contributed by atoms with van der Waals surface area (Å²) in [6, 6.07) is 8.08. The van der Waals surface area contributed by atoms with E-state index in [0.717, 1.165) is 69.1 Å². The minimum Gasteiger partial charge on any atom is -0.353 e. The van der Waals surface area contributed by atoms with Crippen molar-refractivity contribution in [3.63, 3.8) is 0 Å². The molecule has 2 amide bonds. The largest absolute Gasteiger partial charge is 0.353 e. The summed E-state index contributed by atoms with van der Waals surface area (Å²) in [6.45, 7) is 8.75. The lowest BCUT2D eigenvalue weighted by Crippen LogP contribution is -2.48. The molecule has 0 aliphatic carbocycles. The van der Waals surface area contributed by atoms with Crippen LogP contribution in [0.4, 0.5) is 0 Å². The number of nitrogens with one attached hydrogen (secondary N) is 1. The van der Waals surface area contributed by atoms with Crippen LogP contribution in [0.2, 0.25) is 5.02 Å². The van der Waals surface area contributed by atoms with Crippen molar-refractivity contribution in [3.8, 4) is 0 Å². The van der Waals surface area contributed by atoms with Gasteiger partial charge in [-0.2, -0.15) is 0 Å². The highest BCUT2D eigenvalue weighted by molar-refractivity contribution is 6.31. The van der Waals surface area contributed by atoms with Crippen LogP contribution in [0.15, 0.2) is 24.3 Å². The van der Waals surface area contributed by atoms with Crippen LogP contribution in [-0.4, -0.2) is 78.9 Å². The highest BCUT2D eigenvalue weighted by Crippen LogP contribution is 2.30. The van der Waals surface area contributed by atoms with E-state index < -0.39 is 0 Å². The molecule has 3 heterocycles. The molecule has 0 spiro atoms. The highest BCUT2D eigenvalue weighted by Gasteiger charge is 2.31. The molecule has 0 bridgehead atoms. The Bertz CT molecular complexity index is 805. The second-order valence-corrected chi connectivity index (χ2v) is 10.6. The van der Waals surface area contributed by atoms with E-state index in [-0.39, 0.29) is 17.9 Å². The average molecular weight is 475 g/mol. The van der Waals surface area contributed by atoms with Crippen LogP contribution in [0.3, 0.4) is 0 Å². The predicted molar refractivity (Wildman–Crippen MR) is 132 cm³/mol. The van der Waals surface area contributed by atoms with Crippen molar-refractivity contribution in [2.24, 2.45) is 11.8 Å². The lowest BCUT2D eigenvalue weighted by molar-refractivity contribution is -0.138. The van der Waals surface area contributed by atoms with E-state index in [1.807, 2.05) is 18.2 Å². The third-order valence-electron chi connectivity index (χ3n) is 7.61. The van der Waals surface area contributed by atoms with Crippen molar-refractivity contribution in [1.82, 2.24) is 20.0 Å². The molecule has 3 fully saturated rings. The summed E-state index contributed by atoms with van der Waals surface area (Å²) in [5.41, 5.74) is 1.09. The molecule has 0 saturated carbocycles. The van der Waals surface area contributed by atoms with Gasteiger partial charge in [0.1, 0.15) is 0 Å². The first kappa shape index (κ1) is 24.5. The quantitative estimate of drug-likeness (QED) is 0.656. The van der Waals surface area contributed by atoms with Crippen molar-refractivity contribution >= 4 is 23.4 Å². The fourth-order valence-corrected chi connectivity index (χ4v) is 5.95. The highest BCUT2D eigenvalue weighted by atomic mass is 35.5. The molecule has 2 unspecified atom stereocenters. The first-order chi connectivity index (χ1) is 16.0. The van der Waals surface area contributed by atoms with Crippen LogP contribution in [0.5, 0.6) is 0 Å². The van der Waals surface area contributed by atoms with Gasteiger partial charge < -0.3 is 10.2 Å². The maximum atomic E-state index is 12.9. The second-order valence-electron chi connectivity index (χ2n) is 10.2. The smallest absolute Gasteiger partial charge is 0.234 e. The Morgan fingerprint density at radius 3 is 2.45 bits per heavy atom. The number of rotatable bonds is 7. The maximum Gasteiger partial charge on any atom is 0.234 e. The first-order valence-electron chi connectivity index (χ1n) is 12.8. The van der Waals surface area contributed by atoms with Gasteiger partial charge in [-0.25, -0.2) is 0 Å². The van der Waals surface area contributed by atoms with Gasteiger partial charge in [-0.15, -0.1) is 0 Å². The summed E-state index contributed by atoms with van der Waals surface area (Å²) in [5.74, 6) is 1.12. The van der Waals surface area contributed by atoms with Crippen LogP contribution in [0.1, 0.15) is 57.1 Å². The number of hydrogen-bond donors (Lipinski definition) is 1. The fraction of sp³-hybridized carbons (Fsp3) is 0.692. The van der Waals surface area contributed by atoms with E-state index in [1.165, 1.54) is 19.3 Å². The summed E-state index contributed by atoms with van der Waals surface area (Å²) >= 11 is 6.49. The van der Waals surface area contributed by atoms with Crippen molar-refractivity contribution < 1.29 is 9.59 Å². The standard InChI is InChI=1S/C26H39ClN4O2/c1-20-7-6-14-31(18-20)26(33)21-10-15-29(16-11-21)19-25(32)28-17-24(30-12-4-5-13-30)22-8-2-3-9-23(22)27/h2-3,8-9,20-21,24H,4-7,10-19H2,1H3,(H,28,32). The Balaban J connectivity index is 1.24. The molecule has 0 aromatic heterocycles. The van der Waals surface area contributed by atoms with Gasteiger partial charge in [-0.1, -0.05) is 36.7 Å². The molecule has 1 aromatic carbocycles. The predicted octanol–water partition coefficient (Wildman–Crippen LogP) is 3.56. The summed E-state index contributed by atoms with van der Waals surface area (Å²) in [4.78, 5) is 32.4. The summed E-state index contributed by atoms with van der Waals surface area (Å²) in [7, 11) is 0. The summed E-state index contributed by atoms with van der Waals surface area (Å²) < 4.78 is 0. The van der Waals surface area contributed by atoms with Crippen LogP contribution >= 0.6 is 11.6 Å². The van der Waals surface area contributed by atoms with Crippen molar-refractivity contribution in [3.05, 3.63) is 34.9 Å². The third kappa shape index (κ3) is 6.49. The Morgan fingerprint density at radius 1 is 1.03 bits per heavy atom. The van der Waals surface area contributed by atoms with Gasteiger partial charge in [0.2, 0.25) is 11.8 Å². The van der Waals surface area contributed by atoms with E-state index in [4.69, 9.17) is 11.6 Å². The number of nitrogens with zero attached hydrogens (tertiary/aromatic N) is 3. The Hall–Kier alpha value is -1.63. The van der Waals surface area contributed by atoms with Crippen molar-refractivity contribution in [2.45, 2.75) is 51.5 Å². The number of carbonyl (C=O) groups excluding carboxylic acids is 2. The number of likely N-dealkylation sites (tertiary alicyclic amines) is 3. The van der Waals surface area contributed by atoms with Gasteiger partial charge >= 0.3 is 0 Å². The first-order valence-corrected chi connectivity index (χ1v) is 13.2. The fourth-order valence-electron chi connectivity index (χ4n) is 5.69. The van der Waals surface area contributed by atoms with Gasteiger partial charge in [-0.05, 0) is 82.3 Å². The lowest BCUT2D eigenvalue weighted by atomic mass is 9.93. The molecule has 2 atom stereocenters. The zero-order valence-corrected chi connectivity index (χ0v) is 20.7. The third-order valence-corrected chi connectivity index (χ3v) is 7.96. The van der Waals surface area contributed by atoms with E-state index in [1.54, 1.807) is 0 Å². The molecule has 6 nitrogen and oxygen atoms in total. The molecule has 3 saturated heterocycles. The second kappa shape index (κ2) is 11.7. The molecular weight excluding hydrogens is 436 g/mol. The number of carbonyl (C=O) groups is 2. The van der Waals surface area contributed by atoms with Crippen molar-refractivity contribution in [2.75, 3.05) is 52.4 Å². The van der Waals surface area contributed by atoms with Gasteiger partial charge in [0.15, 0.2) is 0 Å². The topological polar surface area (TPSA) is 55.9 Å². The normalized spacial score (nSPS) is 24.1. The van der Waals surface area contributed by atoms with Crippen LogP contribution in [0, 0.1) is 11.8 Å². The number of halogens is 1. The van der Waals surface area contributed by atoms with E-state index >= 15 is 0 Å². The van der Waals surface area contributed by atoms with E-state index in [0.29, 0.717) is 24.9 Å². The zero-order chi connectivity index (χ0) is 23.2. The molecule has 1 N–H and O–H groups in total. The molecule has 33 heavy (non-hydrogen) atoms. The minimum absolute atomic E-state index is 0.0564. The van der Waals surface area contributed by atoms with Gasteiger partial charge in [0.25, 0.3) is 0 Å². The van der Waals surface area contributed by atoms with Gasteiger partial charge in [0, 0.05) is 30.6 Å². The number of hydrogen-bond acceptors (Lipinski definition) is 4. The van der Waals surface area contributed by atoms with Gasteiger partial charge in [-0.3, -0.25) is 19.4 Å². The molecule has 7 heteroatoms. The minimum atomic E-state index is 0.0564. The Morgan fingerprint density at radius 2 is 1.76 bits per heavy atom. The SMILES string of the molecule is CC1CCCN(C(=O)C2CCN(CC(=O)NCC(c3ccccc3Cl)N3CCCC3)CC2)C1. The molecular formula is C26H39ClN4O2. The number of benzene rings is 1. The van der Waals surface area contributed by atoms with E-state index in [2.05, 4.69) is 33.0 Å². The molecule has 182 valence electrons. The zero-order valence-electron chi connectivity index (χ0n) is 20.0. The molecule has 0 radical (unpaired) electrons. The summed E-state index contributed by atoms with van der Waals surface area (Å²) in [5, 5.41) is 3.93. The van der Waals surface area contributed by atoms with Crippen LogP contribution in [-0.2, 0) is 9.59 Å². The van der Waals surface area contributed by atoms with Crippen LogP contribution in [0.25, 0.3) is 0 Å². The monoisotopic (exact) mass is 474 g/mol. The number of piperidine rings is 2. The van der Waals surface area contributed by atoms with Crippen molar-refractivity contribution in [1.29, 1.82) is 0 Å². The molecule has 3 aliphatic rings. The van der Waals surface area contributed by atoms with E-state index in [9.17, 15) is 9.59 Å². The van der Waals surface area contributed by atoms with Gasteiger partial charge in [0.05, 0.1) is 12.6 Å². The molecule has 3 aliphatic heterocycles. The molecule has 1 aromatic rings. The maximum absolute atomic E-state index is 12.9. The van der Waals surface area contributed by atoms with Crippen LogP contribution < -0.4 is 5.32 Å². The summed E-state index contributed by atoms with van der Waals surface area (Å²) in [6.07, 6.45) is 6.45. The Labute approximate surface area is 203 Å². The lowest BCUT2D eigenvalue weighted by Gasteiger charge is -2.37. The Kier molecular flexibility index (Phi) is 8.67. The average Bonchev–Trinajstić information content (AvgIpc) is 3.35. The molecule has 4 rings (SSSR count).